The molecular formula is C38H41F2N5O5S. The maximum atomic E-state index is 17.0. The molecule has 4 aliphatic rings. The third-order valence-electron chi connectivity index (χ3n) is 11.4. The average Bonchev–Trinajstić information content (AvgIpc) is 3.36. The van der Waals surface area contributed by atoms with Gasteiger partial charge in [-0.2, -0.15) is 9.97 Å². The summed E-state index contributed by atoms with van der Waals surface area (Å²) in [7, 11) is -3.06. The van der Waals surface area contributed by atoms with Crippen LogP contribution in [0.3, 0.4) is 0 Å². The largest absolute Gasteiger partial charge is 0.508 e. The van der Waals surface area contributed by atoms with Gasteiger partial charge in [0.15, 0.2) is 15.7 Å². The zero-order chi connectivity index (χ0) is 35.3. The minimum Gasteiger partial charge on any atom is -0.508 e. The highest BCUT2D eigenvalue weighted by Gasteiger charge is 2.50. The summed E-state index contributed by atoms with van der Waals surface area (Å²) in [6.07, 6.45) is 14.4. The number of aromatic nitrogens is 3. The highest BCUT2D eigenvalue weighted by Crippen LogP contribution is 2.49. The number of rotatable bonds is 6. The molecule has 0 amide bonds. The summed E-state index contributed by atoms with van der Waals surface area (Å²) in [6, 6.07) is 5.71. The molecule has 4 aromatic rings. The van der Waals surface area contributed by atoms with Gasteiger partial charge in [0.2, 0.25) is 0 Å². The van der Waals surface area contributed by atoms with Gasteiger partial charge in [-0.1, -0.05) is 18.4 Å². The molecule has 1 N–H and O–H groups in total. The first kappa shape index (κ1) is 34.0. The first-order valence-electron chi connectivity index (χ1n) is 17.9. The number of halogens is 2. The van der Waals surface area contributed by atoms with Crippen LogP contribution in [0.4, 0.5) is 14.6 Å². The molecule has 10 nitrogen and oxygen atoms in total. The van der Waals surface area contributed by atoms with Gasteiger partial charge in [0.1, 0.15) is 28.6 Å². The lowest BCUT2D eigenvalue weighted by atomic mass is 9.75. The molecule has 0 bridgehead atoms. The van der Waals surface area contributed by atoms with Crippen LogP contribution < -0.4 is 9.64 Å². The third kappa shape index (κ3) is 6.25. The van der Waals surface area contributed by atoms with Crippen molar-refractivity contribution in [2.24, 2.45) is 5.41 Å². The summed E-state index contributed by atoms with van der Waals surface area (Å²) >= 11 is 0. The Morgan fingerprint density at radius 2 is 1.92 bits per heavy atom. The molecule has 4 fully saturated rings. The molecule has 0 spiro atoms. The number of nitrogens with zero attached hydrogens (tertiary/aromatic N) is 5. The first-order chi connectivity index (χ1) is 24.7. The molecule has 1 aliphatic carbocycles. The number of pyridine rings is 1. The van der Waals surface area contributed by atoms with E-state index in [1.807, 2.05) is 4.90 Å². The number of hydrogen-bond donors (Lipinski definition) is 1. The van der Waals surface area contributed by atoms with E-state index in [1.165, 1.54) is 30.5 Å². The number of hydrogen-bond acceptors (Lipinski definition) is 10. The Hall–Kier alpha value is -4.12. The molecule has 5 heterocycles. The number of terminal acetylenes is 1. The van der Waals surface area contributed by atoms with Crippen LogP contribution in [0.5, 0.6) is 11.8 Å². The quantitative estimate of drug-likeness (QED) is 0.252. The molecule has 8 rings (SSSR count). The van der Waals surface area contributed by atoms with Gasteiger partial charge in [0, 0.05) is 54.3 Å². The van der Waals surface area contributed by atoms with E-state index in [1.54, 1.807) is 0 Å². The van der Waals surface area contributed by atoms with Crippen LogP contribution in [0, 0.1) is 29.4 Å². The van der Waals surface area contributed by atoms with E-state index in [4.69, 9.17) is 20.9 Å². The molecule has 13 heteroatoms. The van der Waals surface area contributed by atoms with E-state index in [2.05, 4.69) is 20.8 Å². The monoisotopic (exact) mass is 717 g/mol. The predicted octanol–water partition coefficient (Wildman–Crippen LogP) is 5.63. The second kappa shape index (κ2) is 13.5. The van der Waals surface area contributed by atoms with Crippen molar-refractivity contribution in [3.05, 3.63) is 47.7 Å². The topological polar surface area (TPSA) is 118 Å². The maximum Gasteiger partial charge on any atom is 0.319 e. The number of phenols is 1. The fourth-order valence-corrected chi connectivity index (χ4v) is 10.8. The minimum atomic E-state index is -3.06. The molecule has 3 aliphatic heterocycles. The van der Waals surface area contributed by atoms with Crippen LogP contribution in [-0.4, -0.2) is 96.4 Å². The lowest BCUT2D eigenvalue weighted by Crippen LogP contribution is -2.57. The Kier molecular flexibility index (Phi) is 8.97. The number of likely N-dealkylation sites (tertiary alicyclic amines) is 1. The lowest BCUT2D eigenvalue weighted by molar-refractivity contribution is -0.0205. The zero-order valence-corrected chi connectivity index (χ0v) is 29.2. The number of aromatic hydroxyl groups is 1. The third-order valence-corrected chi connectivity index (χ3v) is 13.2. The van der Waals surface area contributed by atoms with Crippen molar-refractivity contribution in [2.75, 3.05) is 55.9 Å². The van der Waals surface area contributed by atoms with E-state index in [0.717, 1.165) is 51.5 Å². The van der Waals surface area contributed by atoms with E-state index < -0.39 is 21.5 Å². The van der Waals surface area contributed by atoms with Crippen molar-refractivity contribution >= 4 is 37.3 Å². The van der Waals surface area contributed by atoms with Gasteiger partial charge >= 0.3 is 6.01 Å². The molecule has 51 heavy (non-hydrogen) atoms. The highest BCUT2D eigenvalue weighted by molar-refractivity contribution is 7.91. The highest BCUT2D eigenvalue weighted by atomic mass is 32.2. The minimum absolute atomic E-state index is 0.0114. The predicted molar refractivity (Wildman–Crippen MR) is 191 cm³/mol. The lowest BCUT2D eigenvalue weighted by Gasteiger charge is -2.49. The van der Waals surface area contributed by atoms with E-state index in [0.29, 0.717) is 55.9 Å². The number of phenolic OH excluding ortho intramolecular Hbond substituents is 1. The normalized spacial score (nSPS) is 25.4. The second-order valence-electron chi connectivity index (χ2n) is 14.4. The Morgan fingerprint density at radius 1 is 1.06 bits per heavy atom. The van der Waals surface area contributed by atoms with E-state index >= 15 is 4.39 Å². The Morgan fingerprint density at radius 3 is 2.76 bits per heavy atom. The number of fused-ring (bicyclic) bond motifs is 3. The molecule has 268 valence electrons. The van der Waals surface area contributed by atoms with Gasteiger partial charge in [-0.3, -0.25) is 9.88 Å². The summed E-state index contributed by atoms with van der Waals surface area (Å²) in [4.78, 5) is 18.5. The van der Waals surface area contributed by atoms with Gasteiger partial charge in [0.05, 0.1) is 35.7 Å². The number of sulfone groups is 1. The van der Waals surface area contributed by atoms with Crippen molar-refractivity contribution in [3.8, 4) is 35.4 Å². The van der Waals surface area contributed by atoms with Gasteiger partial charge in [-0.05, 0) is 75.1 Å². The van der Waals surface area contributed by atoms with Crippen molar-refractivity contribution in [3.63, 3.8) is 0 Å². The smallest absolute Gasteiger partial charge is 0.319 e. The number of ether oxygens (including phenoxy) is 2. The fourth-order valence-electron chi connectivity index (χ4n) is 9.07. The van der Waals surface area contributed by atoms with Crippen LogP contribution >= 0.6 is 0 Å². The van der Waals surface area contributed by atoms with Crippen LogP contribution in [0.25, 0.3) is 32.9 Å². The maximum absolute atomic E-state index is 17.0. The molecule has 3 unspecified atom stereocenters. The van der Waals surface area contributed by atoms with Crippen molar-refractivity contribution in [1.29, 1.82) is 0 Å². The van der Waals surface area contributed by atoms with Gasteiger partial charge in [-0.25, -0.2) is 17.2 Å². The summed E-state index contributed by atoms with van der Waals surface area (Å²) in [6.45, 7) is 3.42. The van der Waals surface area contributed by atoms with E-state index in [9.17, 15) is 17.9 Å². The first-order valence-corrected chi connectivity index (χ1v) is 19.7. The summed E-state index contributed by atoms with van der Waals surface area (Å²) in [5, 5.41) is 11.7. The number of piperidine rings is 1. The van der Waals surface area contributed by atoms with Gasteiger partial charge < -0.3 is 19.5 Å². The fraction of sp³-hybridized carbons (Fsp3) is 0.500. The molecule has 3 saturated heterocycles. The SMILES string of the molecule is C#Cc1c(F)ccc2cc(O)cc(-c3ncc4c(N5CCCOCC5)nc(OCC56CCCC5N(C5CCCS(=O)(=O)C5)CCC6)nc4c3F)c12. The zero-order valence-electron chi connectivity index (χ0n) is 28.4. The molecule has 0 radical (unpaired) electrons. The molecule has 2 aromatic carbocycles. The standard InChI is InChI=1S/C38H41F2N5O5S/c1-2-27-30(39)10-9-24-19-26(46)20-28(32(24)27)34-33(40)35-29(21-41-34)36(44-13-6-16-49-17-15-44)43-37(42-35)50-23-38-11-3-8-31(38)45(14-5-12-38)25-7-4-18-51(47,48)22-25/h1,9-10,19-21,25,31,46H,3-8,11-18,22-23H2. The van der Waals surface area contributed by atoms with Crippen LogP contribution in [0.1, 0.15) is 56.9 Å². The Balaban J connectivity index is 1.20. The molecule has 2 aromatic heterocycles. The van der Waals surface area contributed by atoms with Crippen LogP contribution in [-0.2, 0) is 14.6 Å². The van der Waals surface area contributed by atoms with Crippen molar-refractivity contribution < 1.29 is 31.8 Å². The molecular weight excluding hydrogens is 677 g/mol. The molecule has 1 saturated carbocycles. The average molecular weight is 718 g/mol. The van der Waals surface area contributed by atoms with E-state index in [-0.39, 0.29) is 68.5 Å². The Bertz CT molecular complexity index is 2150. The van der Waals surface area contributed by atoms with Crippen molar-refractivity contribution in [1.82, 2.24) is 19.9 Å². The van der Waals surface area contributed by atoms with Crippen molar-refractivity contribution in [2.45, 2.75) is 63.5 Å². The van der Waals surface area contributed by atoms with Gasteiger partial charge in [0.25, 0.3) is 0 Å². The van der Waals surface area contributed by atoms with Gasteiger partial charge in [-0.15, -0.1) is 6.42 Å². The Labute approximate surface area is 296 Å². The second-order valence-corrected chi connectivity index (χ2v) is 16.7. The van der Waals surface area contributed by atoms with Crippen LogP contribution in [0.2, 0.25) is 0 Å². The summed E-state index contributed by atoms with van der Waals surface area (Å²) in [5.41, 5.74) is -0.272. The number of anilines is 1. The summed E-state index contributed by atoms with van der Waals surface area (Å²) < 4.78 is 69.3. The number of benzene rings is 2. The molecule has 3 atom stereocenters. The van der Waals surface area contributed by atoms with Crippen LogP contribution in [0.15, 0.2) is 30.5 Å². The summed E-state index contributed by atoms with van der Waals surface area (Å²) in [5.74, 6) is 1.76.